The lowest BCUT2D eigenvalue weighted by Gasteiger charge is -2.32. The molecule has 0 aliphatic carbocycles. The highest BCUT2D eigenvalue weighted by molar-refractivity contribution is 7.86. The number of aromatic nitrogens is 2. The second-order valence-corrected chi connectivity index (χ2v) is 9.18. The van der Waals surface area contributed by atoms with Gasteiger partial charge in [-0.2, -0.15) is 26.7 Å². The van der Waals surface area contributed by atoms with Gasteiger partial charge in [-0.25, -0.2) is 0 Å². The van der Waals surface area contributed by atoms with Crippen LogP contribution < -0.4 is 4.90 Å². The lowest BCUT2D eigenvalue weighted by molar-refractivity contribution is -0.137. The molecule has 2 aromatic carbocycles. The summed E-state index contributed by atoms with van der Waals surface area (Å²) < 4.78 is 75.1. The predicted molar refractivity (Wildman–Crippen MR) is 113 cm³/mol. The largest absolute Gasteiger partial charge is 0.416 e. The van der Waals surface area contributed by atoms with E-state index in [4.69, 9.17) is 0 Å². The third-order valence-electron chi connectivity index (χ3n) is 5.50. The summed E-state index contributed by atoms with van der Waals surface area (Å²) in [5, 5.41) is 4.20. The Morgan fingerprint density at radius 2 is 1.71 bits per heavy atom. The third-order valence-corrected chi connectivity index (χ3v) is 6.33. The van der Waals surface area contributed by atoms with Gasteiger partial charge >= 0.3 is 16.4 Å². The molecular formula is C22H17F4N3O4S. The van der Waals surface area contributed by atoms with Gasteiger partial charge < -0.3 is 4.90 Å². The Kier molecular flexibility index (Phi) is 5.80. The first kappa shape index (κ1) is 23.6. The van der Waals surface area contributed by atoms with E-state index in [1.165, 1.54) is 40.0 Å². The number of alkyl halides is 3. The van der Waals surface area contributed by atoms with Crippen molar-refractivity contribution in [1.82, 2.24) is 9.78 Å². The molecule has 1 atom stereocenters. The Bertz CT molecular complexity index is 1360. The van der Waals surface area contributed by atoms with Crippen molar-refractivity contribution in [3.05, 3.63) is 77.1 Å². The summed E-state index contributed by atoms with van der Waals surface area (Å²) in [7, 11) is -4.90. The van der Waals surface area contributed by atoms with Crippen LogP contribution in [-0.2, 0) is 22.8 Å². The molecule has 2 heterocycles. The molecule has 0 bridgehead atoms. The number of ketones is 1. The Morgan fingerprint density at radius 1 is 1.09 bits per heavy atom. The van der Waals surface area contributed by atoms with Gasteiger partial charge in [0, 0.05) is 29.8 Å². The first-order valence-corrected chi connectivity index (χ1v) is 11.4. The van der Waals surface area contributed by atoms with Crippen LogP contribution in [0.3, 0.4) is 0 Å². The number of benzene rings is 2. The van der Waals surface area contributed by atoms with E-state index in [9.17, 15) is 35.1 Å². The molecule has 7 nitrogen and oxygen atoms in total. The van der Waals surface area contributed by atoms with Crippen molar-refractivity contribution in [3.63, 3.8) is 0 Å². The van der Waals surface area contributed by atoms with Crippen molar-refractivity contribution in [2.24, 2.45) is 0 Å². The van der Waals surface area contributed by atoms with E-state index in [2.05, 4.69) is 5.10 Å². The Morgan fingerprint density at radius 3 is 2.26 bits per heavy atom. The molecule has 12 heteroatoms. The number of rotatable bonds is 5. The zero-order chi connectivity index (χ0) is 24.8. The first-order valence-electron chi connectivity index (χ1n) is 9.99. The average molecular weight is 495 g/mol. The molecule has 1 aliphatic rings. The van der Waals surface area contributed by atoms with Crippen molar-refractivity contribution >= 4 is 27.6 Å². The number of fused-ring (bicyclic) bond motifs is 1. The van der Waals surface area contributed by atoms with Gasteiger partial charge in [-0.1, -0.05) is 12.1 Å². The fraction of sp³-hybridized carbons (Fsp3) is 0.227. The molecule has 0 unspecified atom stereocenters. The van der Waals surface area contributed by atoms with Crippen LogP contribution >= 0.6 is 0 Å². The molecule has 34 heavy (non-hydrogen) atoms. The van der Waals surface area contributed by atoms with E-state index < -0.39 is 38.5 Å². The van der Waals surface area contributed by atoms with Gasteiger partial charge in [0.15, 0.2) is 5.78 Å². The van der Waals surface area contributed by atoms with Crippen molar-refractivity contribution in [1.29, 1.82) is 0 Å². The van der Waals surface area contributed by atoms with E-state index in [1.54, 1.807) is 6.92 Å². The van der Waals surface area contributed by atoms with Crippen LogP contribution in [0.15, 0.2) is 59.6 Å². The fourth-order valence-corrected chi connectivity index (χ4v) is 4.24. The highest BCUT2D eigenvalue weighted by Gasteiger charge is 2.35. The summed E-state index contributed by atoms with van der Waals surface area (Å²) in [5.41, 5.74) is -0.00637. The van der Waals surface area contributed by atoms with Gasteiger partial charge in [0.1, 0.15) is 5.69 Å². The normalized spacial score (nSPS) is 16.4. The van der Waals surface area contributed by atoms with E-state index >= 15 is 0 Å². The highest BCUT2D eigenvalue weighted by atomic mass is 32.3. The number of carbonyl (C=O) groups is 2. The molecule has 0 saturated heterocycles. The monoisotopic (exact) mass is 495 g/mol. The maximum absolute atomic E-state index is 13.2. The maximum Gasteiger partial charge on any atom is 0.416 e. The maximum atomic E-state index is 13.2. The average Bonchev–Trinajstić information content (AvgIpc) is 3.20. The Labute approximate surface area is 191 Å². The van der Waals surface area contributed by atoms with Crippen LogP contribution in [0.4, 0.5) is 22.7 Å². The van der Waals surface area contributed by atoms with Crippen molar-refractivity contribution in [2.75, 3.05) is 11.4 Å². The molecule has 0 spiro atoms. The number of hydrogen-bond acceptors (Lipinski definition) is 5. The summed E-state index contributed by atoms with van der Waals surface area (Å²) in [4.78, 5) is 26.7. The van der Waals surface area contributed by atoms with Gasteiger partial charge in [0.05, 0.1) is 22.7 Å². The second kappa shape index (κ2) is 8.35. The molecule has 0 saturated carbocycles. The molecule has 0 fully saturated rings. The minimum Gasteiger partial charge on any atom is -0.305 e. The van der Waals surface area contributed by atoms with Gasteiger partial charge in [-0.05, 0) is 43.3 Å². The molecule has 1 aliphatic heterocycles. The minimum atomic E-state index is -4.90. The van der Waals surface area contributed by atoms with Crippen LogP contribution in [-0.4, -0.2) is 36.4 Å². The minimum absolute atomic E-state index is 0.114. The third kappa shape index (κ3) is 4.45. The van der Waals surface area contributed by atoms with Gasteiger partial charge in [-0.3, -0.25) is 14.3 Å². The number of carbonyl (C=O) groups excluding carboxylic acids is 2. The van der Waals surface area contributed by atoms with Crippen LogP contribution in [0.5, 0.6) is 0 Å². The van der Waals surface area contributed by atoms with Crippen LogP contribution in [0, 0.1) is 0 Å². The van der Waals surface area contributed by atoms with Crippen LogP contribution in [0.2, 0.25) is 0 Å². The van der Waals surface area contributed by atoms with E-state index in [1.807, 2.05) is 0 Å². The smallest absolute Gasteiger partial charge is 0.305 e. The van der Waals surface area contributed by atoms with Crippen molar-refractivity contribution < 1.29 is 35.1 Å². The van der Waals surface area contributed by atoms with Gasteiger partial charge in [0.25, 0.3) is 5.91 Å². The SMILES string of the molecule is C[C@H]1CN(c2ccc(C(F)(F)F)cc2)C(=O)c2c(CC(=O)c3ccc(S(=O)(=O)F)cc3)cnn21. The number of anilines is 1. The second-order valence-electron chi connectivity index (χ2n) is 7.83. The molecule has 178 valence electrons. The summed E-state index contributed by atoms with van der Waals surface area (Å²) >= 11 is 0. The summed E-state index contributed by atoms with van der Waals surface area (Å²) in [6.45, 7) is 1.95. The molecule has 0 radical (unpaired) electrons. The predicted octanol–water partition coefficient (Wildman–Crippen LogP) is 4.21. The molecule has 3 aromatic rings. The van der Waals surface area contributed by atoms with Gasteiger partial charge in [0.2, 0.25) is 0 Å². The van der Waals surface area contributed by atoms with Crippen LogP contribution in [0.25, 0.3) is 0 Å². The zero-order valence-corrected chi connectivity index (χ0v) is 18.4. The number of amides is 1. The zero-order valence-electron chi connectivity index (χ0n) is 17.6. The number of hydrogen-bond donors (Lipinski definition) is 0. The van der Waals surface area contributed by atoms with Crippen LogP contribution in [0.1, 0.15) is 44.9 Å². The van der Waals surface area contributed by atoms with Crippen molar-refractivity contribution in [2.45, 2.75) is 30.5 Å². The van der Waals surface area contributed by atoms with E-state index in [-0.39, 0.29) is 36.0 Å². The molecule has 4 rings (SSSR count). The Balaban J connectivity index is 1.60. The fourth-order valence-electron chi connectivity index (χ4n) is 3.78. The molecule has 1 amide bonds. The number of halogens is 4. The topological polar surface area (TPSA) is 89.3 Å². The number of Topliss-reactive ketones (excluding diaryl/α,β-unsaturated/α-hetero) is 1. The highest BCUT2D eigenvalue weighted by Crippen LogP contribution is 2.33. The number of nitrogens with zero attached hydrogens (tertiary/aromatic N) is 3. The van der Waals surface area contributed by atoms with Crippen molar-refractivity contribution in [3.8, 4) is 0 Å². The summed E-state index contributed by atoms with van der Waals surface area (Å²) in [5.74, 6) is -0.970. The lowest BCUT2D eigenvalue weighted by atomic mass is 10.0. The lowest BCUT2D eigenvalue weighted by Crippen LogP contribution is -2.43. The van der Waals surface area contributed by atoms with E-state index in [0.29, 0.717) is 5.56 Å². The quantitative estimate of drug-likeness (QED) is 0.301. The molecular weight excluding hydrogens is 478 g/mol. The first-order chi connectivity index (χ1) is 15.9. The molecule has 1 aromatic heterocycles. The summed E-state index contributed by atoms with van der Waals surface area (Å²) in [6, 6.07) is 8.18. The standard InChI is InChI=1S/C22H17F4N3O4S/c1-13-12-28(17-6-4-16(5-7-17)22(23,24)25)21(31)20-15(11-27-29(13)20)10-19(30)14-2-8-18(9-3-14)34(26,32)33/h2-9,11,13H,10,12H2,1H3/t13-/m0/s1. The van der Waals surface area contributed by atoms with E-state index in [0.717, 1.165) is 24.3 Å². The molecule has 0 N–H and O–H groups in total. The Hall–Kier alpha value is -3.54. The summed E-state index contributed by atoms with van der Waals surface area (Å²) in [6.07, 6.45) is -3.37. The van der Waals surface area contributed by atoms with Gasteiger partial charge in [-0.15, -0.1) is 3.89 Å².